The van der Waals surface area contributed by atoms with Crippen LogP contribution in [0.2, 0.25) is 0 Å². The van der Waals surface area contributed by atoms with E-state index < -0.39 is 0 Å². The molecule has 0 radical (unpaired) electrons. The molecule has 0 saturated carbocycles. The Bertz CT molecular complexity index is 981. The Morgan fingerprint density at radius 3 is 2.69 bits per heavy atom. The second-order valence-corrected chi connectivity index (χ2v) is 6.17. The molecule has 26 heavy (non-hydrogen) atoms. The number of Topliss-reactive ketones (excluding diaryl/α,β-unsaturated/α-hetero) is 1. The lowest BCUT2D eigenvalue weighted by Crippen LogP contribution is -2.26. The van der Waals surface area contributed by atoms with Crippen molar-refractivity contribution in [3.8, 4) is 5.75 Å². The van der Waals surface area contributed by atoms with Gasteiger partial charge in [0.05, 0.1) is 23.0 Å². The Morgan fingerprint density at radius 1 is 1.15 bits per heavy atom. The molecule has 6 heteroatoms. The van der Waals surface area contributed by atoms with Crippen molar-refractivity contribution in [2.45, 2.75) is 13.5 Å². The van der Waals surface area contributed by atoms with Crippen molar-refractivity contribution in [2.75, 3.05) is 20.2 Å². The number of ketones is 1. The molecule has 6 nitrogen and oxygen atoms in total. The number of fused-ring (bicyclic) bond motifs is 1. The lowest BCUT2D eigenvalue weighted by atomic mass is 10.1. The standard InChI is InChI=1S/C20H21N3O3/c1-14(24)15-7-4-6-10-18(15)26-12-11-23(2)13-19-21-17-9-5-3-8-16(17)20(25)22-19/h3-10H,11-13H2,1-2H3,(H,21,22,25). The molecule has 0 spiro atoms. The van der Waals surface area contributed by atoms with Crippen LogP contribution in [0, 0.1) is 0 Å². The van der Waals surface area contributed by atoms with Crippen LogP contribution in [-0.4, -0.2) is 40.9 Å². The van der Waals surface area contributed by atoms with Gasteiger partial charge in [0.1, 0.15) is 18.2 Å². The first-order valence-electron chi connectivity index (χ1n) is 8.44. The highest BCUT2D eigenvalue weighted by atomic mass is 16.5. The van der Waals surface area contributed by atoms with Gasteiger partial charge in [0, 0.05) is 6.54 Å². The highest BCUT2D eigenvalue weighted by Gasteiger charge is 2.09. The lowest BCUT2D eigenvalue weighted by molar-refractivity contribution is 0.101. The van der Waals surface area contributed by atoms with Gasteiger partial charge in [0.25, 0.3) is 5.56 Å². The summed E-state index contributed by atoms with van der Waals surface area (Å²) in [5.74, 6) is 1.18. The number of nitrogens with one attached hydrogen (secondary N) is 1. The Morgan fingerprint density at radius 2 is 1.88 bits per heavy atom. The van der Waals surface area contributed by atoms with Crippen molar-refractivity contribution < 1.29 is 9.53 Å². The first-order chi connectivity index (χ1) is 12.5. The van der Waals surface area contributed by atoms with Gasteiger partial charge in [-0.2, -0.15) is 0 Å². The minimum atomic E-state index is -0.134. The summed E-state index contributed by atoms with van der Waals surface area (Å²) in [6.45, 7) is 3.08. The number of benzene rings is 2. The van der Waals surface area contributed by atoms with Crippen LogP contribution < -0.4 is 10.3 Å². The van der Waals surface area contributed by atoms with Crippen LogP contribution in [-0.2, 0) is 6.54 Å². The zero-order valence-electron chi connectivity index (χ0n) is 14.9. The predicted octanol–water partition coefficient (Wildman–Crippen LogP) is 2.64. The number of hydrogen-bond acceptors (Lipinski definition) is 5. The SMILES string of the molecule is CC(=O)c1ccccc1OCCN(C)Cc1nc2ccccc2c(=O)[nH]1. The number of aromatic nitrogens is 2. The molecule has 2 aromatic carbocycles. The third-order valence-corrected chi connectivity index (χ3v) is 4.08. The molecule has 0 amide bonds. The van der Waals surface area contributed by atoms with E-state index in [1.54, 1.807) is 18.2 Å². The maximum absolute atomic E-state index is 12.1. The van der Waals surface area contributed by atoms with Gasteiger partial charge in [-0.1, -0.05) is 24.3 Å². The summed E-state index contributed by atoms with van der Waals surface area (Å²) >= 11 is 0. The normalized spacial score (nSPS) is 11.0. The zero-order chi connectivity index (χ0) is 18.5. The smallest absolute Gasteiger partial charge is 0.258 e. The largest absolute Gasteiger partial charge is 0.491 e. The fraction of sp³-hybridized carbons (Fsp3) is 0.250. The number of H-pyrrole nitrogens is 1. The predicted molar refractivity (Wildman–Crippen MR) is 101 cm³/mol. The molecule has 1 heterocycles. The second-order valence-electron chi connectivity index (χ2n) is 6.17. The molecule has 0 aliphatic rings. The highest BCUT2D eigenvalue weighted by Crippen LogP contribution is 2.18. The summed E-state index contributed by atoms with van der Waals surface area (Å²) in [7, 11) is 1.93. The van der Waals surface area contributed by atoms with Crippen molar-refractivity contribution in [3.63, 3.8) is 0 Å². The summed E-state index contributed by atoms with van der Waals surface area (Å²) in [6, 6.07) is 14.5. The van der Waals surface area contributed by atoms with Gasteiger partial charge in [-0.05, 0) is 38.2 Å². The van der Waals surface area contributed by atoms with Crippen LogP contribution in [0.3, 0.4) is 0 Å². The van der Waals surface area contributed by atoms with Gasteiger partial charge in [0.2, 0.25) is 0 Å². The highest BCUT2D eigenvalue weighted by molar-refractivity contribution is 5.96. The monoisotopic (exact) mass is 351 g/mol. The van der Waals surface area contributed by atoms with Crippen molar-refractivity contribution in [3.05, 3.63) is 70.3 Å². The van der Waals surface area contributed by atoms with Crippen molar-refractivity contribution in [2.24, 2.45) is 0 Å². The van der Waals surface area contributed by atoms with E-state index in [-0.39, 0.29) is 11.3 Å². The first-order valence-corrected chi connectivity index (χ1v) is 8.44. The van der Waals surface area contributed by atoms with E-state index in [1.807, 2.05) is 42.3 Å². The Hall–Kier alpha value is -2.99. The molecule has 0 bridgehead atoms. The molecule has 0 aliphatic carbocycles. The van der Waals surface area contributed by atoms with Gasteiger partial charge in [-0.15, -0.1) is 0 Å². The molecule has 0 fully saturated rings. The van der Waals surface area contributed by atoms with E-state index in [1.165, 1.54) is 6.92 Å². The number of hydrogen-bond donors (Lipinski definition) is 1. The molecular weight excluding hydrogens is 330 g/mol. The molecule has 1 N–H and O–H groups in total. The van der Waals surface area contributed by atoms with Crippen molar-refractivity contribution >= 4 is 16.7 Å². The molecule has 0 saturated heterocycles. The maximum atomic E-state index is 12.1. The number of carbonyl (C=O) groups is 1. The van der Waals surface area contributed by atoms with Gasteiger partial charge >= 0.3 is 0 Å². The summed E-state index contributed by atoms with van der Waals surface area (Å²) in [6.07, 6.45) is 0. The van der Waals surface area contributed by atoms with E-state index in [0.29, 0.717) is 47.7 Å². The van der Waals surface area contributed by atoms with E-state index in [9.17, 15) is 9.59 Å². The number of ether oxygens (including phenoxy) is 1. The van der Waals surface area contributed by atoms with Crippen LogP contribution in [0.4, 0.5) is 0 Å². The van der Waals surface area contributed by atoms with Crippen LogP contribution in [0.5, 0.6) is 5.75 Å². The van der Waals surface area contributed by atoms with Gasteiger partial charge in [-0.3, -0.25) is 14.5 Å². The number of aromatic amines is 1. The van der Waals surface area contributed by atoms with E-state index in [0.717, 1.165) is 0 Å². The van der Waals surface area contributed by atoms with Gasteiger partial charge in [0.15, 0.2) is 5.78 Å². The Balaban J connectivity index is 1.61. The number of carbonyl (C=O) groups excluding carboxylic acids is 1. The average Bonchev–Trinajstić information content (AvgIpc) is 2.62. The first kappa shape index (κ1) is 17.8. The minimum absolute atomic E-state index is 0.0214. The fourth-order valence-corrected chi connectivity index (χ4v) is 2.74. The van der Waals surface area contributed by atoms with Crippen molar-refractivity contribution in [1.82, 2.24) is 14.9 Å². The molecule has 134 valence electrons. The summed E-state index contributed by atoms with van der Waals surface area (Å²) in [5, 5.41) is 0.586. The van der Waals surface area contributed by atoms with Gasteiger partial charge in [-0.25, -0.2) is 4.98 Å². The molecular formula is C20H21N3O3. The van der Waals surface area contributed by atoms with Crippen LogP contribution in [0.25, 0.3) is 10.9 Å². The lowest BCUT2D eigenvalue weighted by Gasteiger charge is -2.17. The average molecular weight is 351 g/mol. The second kappa shape index (κ2) is 7.93. The van der Waals surface area contributed by atoms with Gasteiger partial charge < -0.3 is 9.72 Å². The number of rotatable bonds is 7. The number of para-hydroxylation sites is 2. The molecule has 0 atom stereocenters. The molecule has 3 aromatic rings. The zero-order valence-corrected chi connectivity index (χ0v) is 14.9. The summed E-state index contributed by atoms with van der Waals surface area (Å²) in [4.78, 5) is 33.0. The maximum Gasteiger partial charge on any atom is 0.258 e. The molecule has 1 aromatic heterocycles. The third kappa shape index (κ3) is 4.15. The topological polar surface area (TPSA) is 75.3 Å². The summed E-state index contributed by atoms with van der Waals surface area (Å²) < 4.78 is 5.75. The summed E-state index contributed by atoms with van der Waals surface area (Å²) in [5.41, 5.74) is 1.13. The van der Waals surface area contributed by atoms with Crippen LogP contribution in [0.15, 0.2) is 53.3 Å². The van der Waals surface area contributed by atoms with E-state index >= 15 is 0 Å². The van der Waals surface area contributed by atoms with E-state index in [2.05, 4.69) is 9.97 Å². The number of likely N-dealkylation sites (N-methyl/N-ethyl adjacent to an activating group) is 1. The van der Waals surface area contributed by atoms with Crippen LogP contribution in [0.1, 0.15) is 23.1 Å². The Labute approximate surface area is 151 Å². The molecule has 0 unspecified atom stereocenters. The number of nitrogens with zero attached hydrogens (tertiary/aromatic N) is 2. The van der Waals surface area contributed by atoms with Crippen LogP contribution >= 0.6 is 0 Å². The quantitative estimate of drug-likeness (QED) is 0.662. The third-order valence-electron chi connectivity index (χ3n) is 4.08. The fourth-order valence-electron chi connectivity index (χ4n) is 2.74. The molecule has 0 aliphatic heterocycles. The Kier molecular flexibility index (Phi) is 5.43. The van der Waals surface area contributed by atoms with Crippen molar-refractivity contribution in [1.29, 1.82) is 0 Å². The molecule has 3 rings (SSSR count). The van der Waals surface area contributed by atoms with E-state index in [4.69, 9.17) is 4.74 Å². The minimum Gasteiger partial charge on any atom is -0.491 e.